The number of carbonyl (C=O) groups excluding carboxylic acids is 2. The number of methoxy groups -OCH3 is 1. The summed E-state index contributed by atoms with van der Waals surface area (Å²) in [5.74, 6) is 0.988. The van der Waals surface area contributed by atoms with E-state index in [1.807, 2.05) is 35.8 Å². The predicted molar refractivity (Wildman–Crippen MR) is 114 cm³/mol. The quantitative estimate of drug-likeness (QED) is 0.807. The van der Waals surface area contributed by atoms with E-state index in [1.165, 1.54) is 5.56 Å². The molecule has 0 radical (unpaired) electrons. The standard InChI is InChI=1S/C23H31N3O4/c1-4-19(28)25-10-8-23(9-11-25)14-26(20(29)5-2)18(13-27)22-21(23)16-7-6-15(30-3)12-17(16)24-22/h6-7,12,18,24,27H,4-5,8-11,13-14H2,1-3H3/t18-/m0/s1. The van der Waals surface area contributed by atoms with Gasteiger partial charge in [0.15, 0.2) is 0 Å². The van der Waals surface area contributed by atoms with Crippen molar-refractivity contribution in [3.63, 3.8) is 0 Å². The number of carbonyl (C=O) groups is 2. The first kappa shape index (κ1) is 20.7. The number of piperidine rings is 1. The molecule has 2 N–H and O–H groups in total. The lowest BCUT2D eigenvalue weighted by Gasteiger charge is -2.50. The number of aliphatic hydroxyl groups is 1. The molecule has 1 spiro atoms. The van der Waals surface area contributed by atoms with Crippen LogP contribution in [0.25, 0.3) is 10.9 Å². The summed E-state index contributed by atoms with van der Waals surface area (Å²) in [5, 5.41) is 11.3. The first-order chi connectivity index (χ1) is 14.5. The minimum absolute atomic E-state index is 0.0439. The Morgan fingerprint density at radius 1 is 1.20 bits per heavy atom. The van der Waals surface area contributed by atoms with Gasteiger partial charge >= 0.3 is 0 Å². The Labute approximate surface area is 177 Å². The number of rotatable bonds is 4. The van der Waals surface area contributed by atoms with Crippen LogP contribution in [0.2, 0.25) is 0 Å². The van der Waals surface area contributed by atoms with Crippen LogP contribution in [0.4, 0.5) is 0 Å². The Morgan fingerprint density at radius 2 is 1.90 bits per heavy atom. The van der Waals surface area contributed by atoms with Crippen LogP contribution in [-0.2, 0) is 15.0 Å². The highest BCUT2D eigenvalue weighted by molar-refractivity contribution is 5.89. The zero-order chi connectivity index (χ0) is 21.5. The first-order valence-electron chi connectivity index (χ1n) is 10.9. The van der Waals surface area contributed by atoms with Crippen LogP contribution in [0, 0.1) is 0 Å². The van der Waals surface area contributed by atoms with Crippen LogP contribution in [0.5, 0.6) is 5.75 Å². The first-order valence-corrected chi connectivity index (χ1v) is 10.9. The van der Waals surface area contributed by atoms with Gasteiger partial charge in [0.1, 0.15) is 5.75 Å². The van der Waals surface area contributed by atoms with Crippen molar-refractivity contribution in [3.05, 3.63) is 29.5 Å². The van der Waals surface area contributed by atoms with E-state index >= 15 is 0 Å². The van der Waals surface area contributed by atoms with Crippen molar-refractivity contribution in [3.8, 4) is 5.75 Å². The monoisotopic (exact) mass is 413 g/mol. The molecular weight excluding hydrogens is 382 g/mol. The number of amides is 2. The molecule has 1 aromatic heterocycles. The summed E-state index contributed by atoms with van der Waals surface area (Å²) < 4.78 is 5.40. The summed E-state index contributed by atoms with van der Waals surface area (Å²) in [6.45, 7) is 5.58. The maximum atomic E-state index is 12.8. The molecular formula is C23H31N3O4. The molecule has 7 nitrogen and oxygen atoms in total. The van der Waals surface area contributed by atoms with Crippen LogP contribution >= 0.6 is 0 Å². The predicted octanol–water partition coefficient (Wildman–Crippen LogP) is 2.73. The van der Waals surface area contributed by atoms with E-state index in [2.05, 4.69) is 11.1 Å². The molecule has 2 amide bonds. The number of aliphatic hydroxyl groups excluding tert-OH is 1. The highest BCUT2D eigenvalue weighted by Gasteiger charge is 2.48. The number of hydrogen-bond donors (Lipinski definition) is 2. The molecule has 0 bridgehead atoms. The van der Waals surface area contributed by atoms with Crippen LogP contribution < -0.4 is 4.74 Å². The van der Waals surface area contributed by atoms with Gasteiger partial charge in [-0.3, -0.25) is 9.59 Å². The SMILES string of the molecule is CCC(=O)N1CCC2(CC1)CN(C(=O)CC)[C@@H](CO)c1[nH]c3cc(OC)ccc3c12. The summed E-state index contributed by atoms with van der Waals surface area (Å²) in [4.78, 5) is 32.3. The highest BCUT2D eigenvalue weighted by Crippen LogP contribution is 2.49. The van der Waals surface area contributed by atoms with Crippen molar-refractivity contribution in [1.29, 1.82) is 0 Å². The Hall–Kier alpha value is -2.54. The molecule has 2 aliphatic rings. The summed E-state index contributed by atoms with van der Waals surface area (Å²) in [6, 6.07) is 5.61. The molecule has 3 heterocycles. The molecule has 2 aliphatic heterocycles. The lowest BCUT2D eigenvalue weighted by Crippen LogP contribution is -2.55. The van der Waals surface area contributed by atoms with Crippen molar-refractivity contribution in [2.75, 3.05) is 33.4 Å². The normalized spacial score (nSPS) is 20.5. The topological polar surface area (TPSA) is 85.9 Å². The third-order valence-corrected chi connectivity index (χ3v) is 6.92. The summed E-state index contributed by atoms with van der Waals surface area (Å²) in [6.07, 6.45) is 2.52. The van der Waals surface area contributed by atoms with Gasteiger partial charge in [-0.25, -0.2) is 0 Å². The van der Waals surface area contributed by atoms with Gasteiger partial charge in [-0.2, -0.15) is 0 Å². The lowest BCUT2D eigenvalue weighted by molar-refractivity contribution is -0.139. The Bertz CT molecular complexity index is 959. The van der Waals surface area contributed by atoms with Gasteiger partial charge in [-0.05, 0) is 30.5 Å². The molecule has 0 aliphatic carbocycles. The Morgan fingerprint density at radius 3 is 2.50 bits per heavy atom. The van der Waals surface area contributed by atoms with Gasteiger partial charge in [0, 0.05) is 60.6 Å². The fourth-order valence-electron chi connectivity index (χ4n) is 5.29. The number of fused-ring (bicyclic) bond motifs is 4. The average molecular weight is 414 g/mol. The molecule has 2 aromatic rings. The van der Waals surface area contributed by atoms with Gasteiger partial charge in [0.2, 0.25) is 11.8 Å². The minimum atomic E-state index is -0.383. The van der Waals surface area contributed by atoms with Gasteiger partial charge in [0.25, 0.3) is 0 Å². The summed E-state index contributed by atoms with van der Waals surface area (Å²) in [5.41, 5.74) is 2.84. The zero-order valence-electron chi connectivity index (χ0n) is 18.0. The Kier molecular flexibility index (Phi) is 5.49. The number of nitrogens with one attached hydrogen (secondary N) is 1. The van der Waals surface area contributed by atoms with Crippen molar-refractivity contribution < 1.29 is 19.4 Å². The van der Waals surface area contributed by atoms with E-state index in [0.29, 0.717) is 32.5 Å². The second-order valence-corrected chi connectivity index (χ2v) is 8.41. The number of aromatic nitrogens is 1. The lowest BCUT2D eigenvalue weighted by atomic mass is 9.68. The maximum absolute atomic E-state index is 12.8. The molecule has 0 saturated carbocycles. The van der Waals surface area contributed by atoms with E-state index in [9.17, 15) is 14.7 Å². The van der Waals surface area contributed by atoms with Gasteiger partial charge in [0.05, 0.1) is 19.8 Å². The maximum Gasteiger partial charge on any atom is 0.222 e. The fraction of sp³-hybridized carbons (Fsp3) is 0.565. The van der Waals surface area contributed by atoms with Gasteiger partial charge < -0.3 is 24.6 Å². The molecule has 4 rings (SSSR count). The zero-order valence-corrected chi connectivity index (χ0v) is 18.0. The van der Waals surface area contributed by atoms with E-state index in [0.717, 1.165) is 35.2 Å². The van der Waals surface area contributed by atoms with Crippen LogP contribution in [0.1, 0.15) is 56.8 Å². The number of hydrogen-bond acceptors (Lipinski definition) is 4. The van der Waals surface area contributed by atoms with Crippen molar-refractivity contribution in [2.45, 2.75) is 51.0 Å². The molecule has 7 heteroatoms. The van der Waals surface area contributed by atoms with E-state index in [-0.39, 0.29) is 29.9 Å². The molecule has 0 unspecified atom stereocenters. The largest absolute Gasteiger partial charge is 0.497 e. The number of nitrogens with zero attached hydrogens (tertiary/aromatic N) is 2. The molecule has 1 fully saturated rings. The highest BCUT2D eigenvalue weighted by atomic mass is 16.5. The number of benzene rings is 1. The van der Waals surface area contributed by atoms with Crippen LogP contribution in [-0.4, -0.2) is 65.1 Å². The van der Waals surface area contributed by atoms with E-state index in [4.69, 9.17) is 4.74 Å². The summed E-state index contributed by atoms with van der Waals surface area (Å²) in [7, 11) is 1.64. The minimum Gasteiger partial charge on any atom is -0.497 e. The second kappa shape index (κ2) is 7.95. The number of likely N-dealkylation sites (tertiary alicyclic amines) is 1. The van der Waals surface area contributed by atoms with E-state index in [1.54, 1.807) is 7.11 Å². The van der Waals surface area contributed by atoms with Crippen molar-refractivity contribution >= 4 is 22.7 Å². The molecule has 1 saturated heterocycles. The van der Waals surface area contributed by atoms with Gasteiger partial charge in [-0.15, -0.1) is 0 Å². The number of H-pyrrole nitrogens is 1. The third-order valence-electron chi connectivity index (χ3n) is 6.92. The molecule has 162 valence electrons. The number of ether oxygens (including phenoxy) is 1. The second-order valence-electron chi connectivity index (χ2n) is 8.41. The molecule has 1 atom stereocenters. The average Bonchev–Trinajstić information content (AvgIpc) is 3.17. The summed E-state index contributed by atoms with van der Waals surface area (Å²) >= 11 is 0. The smallest absolute Gasteiger partial charge is 0.222 e. The van der Waals surface area contributed by atoms with E-state index < -0.39 is 0 Å². The van der Waals surface area contributed by atoms with Crippen LogP contribution in [0.3, 0.4) is 0 Å². The Balaban J connectivity index is 1.85. The number of aromatic amines is 1. The van der Waals surface area contributed by atoms with Gasteiger partial charge in [-0.1, -0.05) is 13.8 Å². The van der Waals surface area contributed by atoms with Crippen molar-refractivity contribution in [1.82, 2.24) is 14.8 Å². The molecule has 30 heavy (non-hydrogen) atoms. The fourth-order valence-corrected chi connectivity index (χ4v) is 5.29. The van der Waals surface area contributed by atoms with Crippen LogP contribution in [0.15, 0.2) is 18.2 Å². The third kappa shape index (κ3) is 3.16. The van der Waals surface area contributed by atoms with Crippen molar-refractivity contribution in [2.24, 2.45) is 0 Å². The molecule has 1 aromatic carbocycles.